The highest BCUT2D eigenvalue weighted by atomic mass is 35.5. The van der Waals surface area contributed by atoms with Crippen LogP contribution in [0.25, 0.3) is 11.3 Å². The van der Waals surface area contributed by atoms with E-state index in [1.165, 1.54) is 12.4 Å². The van der Waals surface area contributed by atoms with Crippen molar-refractivity contribution in [3.8, 4) is 11.3 Å². The molecule has 0 aliphatic carbocycles. The normalized spacial score (nSPS) is 21.1. The van der Waals surface area contributed by atoms with Gasteiger partial charge in [0.05, 0.1) is 23.8 Å². The Balaban J connectivity index is 1.45. The molecule has 2 aliphatic heterocycles. The standard InChI is InChI=1S/C20H18ClN7O2/c1-11(14-8-17(30-27-14)12-3-2-4-13(21)7-12)16-5-6-22-20-26-25-19(28(16)20)15-9-18(29)24-10-23-15/h2-11,16,19,25H,1H3,(H,22,26)(H,23,24,29)/t11-,16?,19?/m0/s1. The van der Waals surface area contributed by atoms with E-state index in [0.29, 0.717) is 22.4 Å². The van der Waals surface area contributed by atoms with Gasteiger partial charge in [-0.2, -0.15) is 0 Å². The van der Waals surface area contributed by atoms with E-state index in [2.05, 4.69) is 37.9 Å². The highest BCUT2D eigenvalue weighted by Crippen LogP contribution is 2.34. The average Bonchev–Trinajstić information content (AvgIpc) is 3.41. The van der Waals surface area contributed by atoms with Gasteiger partial charge in [0.25, 0.3) is 5.56 Å². The van der Waals surface area contributed by atoms with Crippen molar-refractivity contribution in [3.05, 3.63) is 81.8 Å². The molecule has 4 heterocycles. The Labute approximate surface area is 176 Å². The zero-order valence-electron chi connectivity index (χ0n) is 15.9. The highest BCUT2D eigenvalue weighted by Gasteiger charge is 2.40. The summed E-state index contributed by atoms with van der Waals surface area (Å²) in [6.45, 7) is 2.07. The molecule has 3 aromatic rings. The Hall–Kier alpha value is -3.43. The summed E-state index contributed by atoms with van der Waals surface area (Å²) in [6, 6.07) is 10.7. The second-order valence-corrected chi connectivity index (χ2v) is 7.55. The van der Waals surface area contributed by atoms with Crippen LogP contribution in [-0.4, -0.2) is 32.0 Å². The molecule has 5 rings (SSSR count). The van der Waals surface area contributed by atoms with Gasteiger partial charge in [0.15, 0.2) is 5.76 Å². The number of fused-ring (bicyclic) bond motifs is 1. The Kier molecular flexibility index (Phi) is 4.61. The van der Waals surface area contributed by atoms with Gasteiger partial charge < -0.3 is 14.4 Å². The zero-order valence-corrected chi connectivity index (χ0v) is 16.7. The fraction of sp³-hybridized carbons (Fsp3) is 0.200. The summed E-state index contributed by atoms with van der Waals surface area (Å²) in [7, 11) is 0. The third kappa shape index (κ3) is 3.27. The van der Waals surface area contributed by atoms with Gasteiger partial charge in [0.1, 0.15) is 6.17 Å². The van der Waals surface area contributed by atoms with Gasteiger partial charge in [-0.25, -0.2) is 15.4 Å². The van der Waals surface area contributed by atoms with Crippen LogP contribution < -0.4 is 16.4 Å². The minimum absolute atomic E-state index is 0.0327. The molecule has 2 aliphatic rings. The maximum atomic E-state index is 11.8. The van der Waals surface area contributed by atoms with Crippen LogP contribution in [0.1, 0.15) is 30.4 Å². The van der Waals surface area contributed by atoms with Gasteiger partial charge in [0, 0.05) is 34.8 Å². The van der Waals surface area contributed by atoms with Gasteiger partial charge in [-0.3, -0.25) is 10.2 Å². The number of nitrogens with zero attached hydrogens (tertiary/aromatic N) is 4. The van der Waals surface area contributed by atoms with Crippen LogP contribution in [0.2, 0.25) is 5.02 Å². The monoisotopic (exact) mass is 423 g/mol. The fourth-order valence-electron chi connectivity index (χ4n) is 3.71. The number of aromatic amines is 1. The number of hydrogen-bond donors (Lipinski definition) is 3. The second-order valence-electron chi connectivity index (χ2n) is 7.12. The average molecular weight is 424 g/mol. The molecular weight excluding hydrogens is 406 g/mol. The molecule has 2 aromatic heterocycles. The zero-order chi connectivity index (χ0) is 20.7. The van der Waals surface area contributed by atoms with Crippen LogP contribution in [0.4, 0.5) is 0 Å². The number of hydrazine groups is 1. The molecule has 10 heteroatoms. The molecule has 0 bridgehead atoms. The predicted molar refractivity (Wildman–Crippen MR) is 111 cm³/mol. The van der Waals surface area contributed by atoms with Crippen LogP contribution in [0, 0.1) is 0 Å². The van der Waals surface area contributed by atoms with Crippen molar-refractivity contribution < 1.29 is 4.52 Å². The van der Waals surface area contributed by atoms with E-state index in [1.807, 2.05) is 41.3 Å². The number of benzene rings is 1. The number of guanidine groups is 1. The molecule has 1 saturated heterocycles. The first-order valence-electron chi connectivity index (χ1n) is 9.42. The molecule has 0 amide bonds. The molecule has 152 valence electrons. The maximum absolute atomic E-state index is 11.8. The molecule has 2 unspecified atom stereocenters. The molecule has 30 heavy (non-hydrogen) atoms. The van der Waals surface area contributed by atoms with E-state index >= 15 is 0 Å². The van der Waals surface area contributed by atoms with Crippen molar-refractivity contribution in [1.82, 2.24) is 30.9 Å². The smallest absolute Gasteiger partial charge is 0.251 e. The molecule has 1 aromatic carbocycles. The number of H-pyrrole nitrogens is 1. The number of hydrogen-bond acceptors (Lipinski definition) is 8. The largest absolute Gasteiger partial charge is 0.356 e. The van der Waals surface area contributed by atoms with Gasteiger partial charge in [-0.15, -0.1) is 0 Å². The van der Waals surface area contributed by atoms with E-state index in [4.69, 9.17) is 16.1 Å². The molecule has 9 nitrogen and oxygen atoms in total. The molecule has 1 fully saturated rings. The SMILES string of the molecule is C[C@@H](c1cc(-c2cccc(Cl)c2)on1)C1C=CN=C2NNC(c3cc(=O)[nH]cn3)N21. The van der Waals surface area contributed by atoms with Gasteiger partial charge in [-0.05, 0) is 18.2 Å². The quantitative estimate of drug-likeness (QED) is 0.591. The first-order valence-corrected chi connectivity index (χ1v) is 9.79. The lowest BCUT2D eigenvalue weighted by Crippen LogP contribution is -2.44. The fourth-order valence-corrected chi connectivity index (χ4v) is 3.90. The molecule has 0 spiro atoms. The van der Waals surface area contributed by atoms with E-state index in [-0.39, 0.29) is 23.7 Å². The summed E-state index contributed by atoms with van der Waals surface area (Å²) in [6.07, 6.45) is 4.79. The molecule has 3 N–H and O–H groups in total. The van der Waals surface area contributed by atoms with E-state index < -0.39 is 0 Å². The van der Waals surface area contributed by atoms with Crippen LogP contribution in [0.3, 0.4) is 0 Å². The van der Waals surface area contributed by atoms with E-state index in [9.17, 15) is 4.79 Å². The topological polar surface area (TPSA) is 111 Å². The number of aliphatic imine (C=N–C) groups is 1. The summed E-state index contributed by atoms with van der Waals surface area (Å²) in [5, 5.41) is 4.93. The Bertz CT molecular complexity index is 1200. The first kappa shape index (κ1) is 18.6. The van der Waals surface area contributed by atoms with Crippen molar-refractivity contribution in [2.75, 3.05) is 0 Å². The van der Waals surface area contributed by atoms with Gasteiger partial charge in [-0.1, -0.05) is 35.8 Å². The van der Waals surface area contributed by atoms with Crippen LogP contribution >= 0.6 is 11.6 Å². The maximum Gasteiger partial charge on any atom is 0.251 e. The summed E-state index contributed by atoms with van der Waals surface area (Å²) in [5.74, 6) is 1.27. The molecule has 0 saturated carbocycles. The van der Waals surface area contributed by atoms with Crippen molar-refractivity contribution in [2.45, 2.75) is 25.0 Å². The predicted octanol–water partition coefficient (Wildman–Crippen LogP) is 2.54. The number of halogens is 1. The summed E-state index contributed by atoms with van der Waals surface area (Å²) >= 11 is 6.10. The number of nitrogens with one attached hydrogen (secondary N) is 3. The minimum atomic E-state index is -0.359. The Morgan fingerprint density at radius 2 is 2.17 bits per heavy atom. The first-order chi connectivity index (χ1) is 14.6. The van der Waals surface area contributed by atoms with Gasteiger partial charge >= 0.3 is 0 Å². The third-order valence-electron chi connectivity index (χ3n) is 5.24. The van der Waals surface area contributed by atoms with Crippen LogP contribution in [-0.2, 0) is 0 Å². The number of rotatable bonds is 4. The molecule has 3 atom stereocenters. The van der Waals surface area contributed by atoms with Crippen molar-refractivity contribution in [2.24, 2.45) is 4.99 Å². The lowest BCUT2D eigenvalue weighted by molar-refractivity contribution is 0.238. The van der Waals surface area contributed by atoms with E-state index in [1.54, 1.807) is 6.20 Å². The van der Waals surface area contributed by atoms with Crippen LogP contribution in [0.5, 0.6) is 0 Å². The number of aromatic nitrogens is 3. The Morgan fingerprint density at radius 3 is 3.00 bits per heavy atom. The lowest BCUT2D eigenvalue weighted by atomic mass is 9.95. The summed E-state index contributed by atoms with van der Waals surface area (Å²) in [5.41, 5.74) is 8.24. The van der Waals surface area contributed by atoms with E-state index in [0.717, 1.165) is 11.3 Å². The van der Waals surface area contributed by atoms with Gasteiger partial charge in [0.2, 0.25) is 5.96 Å². The molecule has 0 radical (unpaired) electrons. The second kappa shape index (κ2) is 7.43. The third-order valence-corrected chi connectivity index (χ3v) is 5.48. The van der Waals surface area contributed by atoms with Crippen LogP contribution in [0.15, 0.2) is 69.3 Å². The summed E-state index contributed by atoms with van der Waals surface area (Å²) < 4.78 is 5.59. The van der Waals surface area contributed by atoms with Crippen molar-refractivity contribution in [1.29, 1.82) is 0 Å². The molecular formula is C20H18ClN7O2. The van der Waals surface area contributed by atoms with Crippen molar-refractivity contribution >= 4 is 17.6 Å². The van der Waals surface area contributed by atoms with Crippen molar-refractivity contribution in [3.63, 3.8) is 0 Å². The minimum Gasteiger partial charge on any atom is -0.356 e. The Morgan fingerprint density at radius 1 is 1.27 bits per heavy atom. The lowest BCUT2D eigenvalue weighted by Gasteiger charge is -2.35. The summed E-state index contributed by atoms with van der Waals surface area (Å²) in [4.78, 5) is 25.0. The highest BCUT2D eigenvalue weighted by molar-refractivity contribution is 6.30.